The van der Waals surface area contributed by atoms with E-state index in [9.17, 15) is 9.90 Å². The van der Waals surface area contributed by atoms with Crippen LogP contribution >= 0.6 is 0 Å². The molecule has 0 bridgehead atoms. The maximum Gasteiger partial charge on any atom is 0.254 e. The second kappa shape index (κ2) is 4.98. The highest BCUT2D eigenvalue weighted by atomic mass is 16.3. The summed E-state index contributed by atoms with van der Waals surface area (Å²) in [5, 5.41) is 9.68. The summed E-state index contributed by atoms with van der Waals surface area (Å²) in [6, 6.07) is 5.35. The van der Waals surface area contributed by atoms with Crippen LogP contribution in [0.25, 0.3) is 0 Å². The van der Waals surface area contributed by atoms with Crippen molar-refractivity contribution in [3.05, 3.63) is 29.3 Å². The van der Waals surface area contributed by atoms with Crippen molar-refractivity contribution < 1.29 is 9.90 Å². The molecule has 1 aromatic carbocycles. The summed E-state index contributed by atoms with van der Waals surface area (Å²) in [6.45, 7) is 5.10. The summed E-state index contributed by atoms with van der Waals surface area (Å²) in [6.07, 6.45) is 0.363. The van der Waals surface area contributed by atoms with Crippen molar-refractivity contribution >= 4 is 11.6 Å². The van der Waals surface area contributed by atoms with Crippen LogP contribution in [-0.4, -0.2) is 35.1 Å². The molecule has 1 aliphatic heterocycles. The van der Waals surface area contributed by atoms with Gasteiger partial charge in [0.1, 0.15) is 0 Å². The number of carbonyl (C=O) groups excluding carboxylic acids is 1. The average Bonchev–Trinajstić information content (AvgIpc) is 2.32. The first-order chi connectivity index (χ1) is 8.49. The second-order valence-corrected chi connectivity index (χ2v) is 5.16. The number of piperidine rings is 1. The van der Waals surface area contributed by atoms with Crippen LogP contribution in [0.1, 0.15) is 29.3 Å². The zero-order valence-electron chi connectivity index (χ0n) is 10.9. The number of carbonyl (C=O) groups is 1. The van der Waals surface area contributed by atoms with E-state index >= 15 is 0 Å². The molecule has 1 fully saturated rings. The molecular formula is C14H20N2O2. The van der Waals surface area contributed by atoms with Gasteiger partial charge in [0, 0.05) is 24.3 Å². The van der Waals surface area contributed by atoms with Gasteiger partial charge in [-0.05, 0) is 43.0 Å². The van der Waals surface area contributed by atoms with E-state index in [-0.39, 0.29) is 17.9 Å². The van der Waals surface area contributed by atoms with Gasteiger partial charge in [-0.3, -0.25) is 4.79 Å². The number of nitrogens with two attached hydrogens (primary N) is 1. The van der Waals surface area contributed by atoms with Gasteiger partial charge >= 0.3 is 0 Å². The molecular weight excluding hydrogens is 228 g/mol. The maximum absolute atomic E-state index is 12.4. The number of hydrogen-bond donors (Lipinski definition) is 2. The lowest BCUT2D eigenvalue weighted by atomic mass is 9.95. The summed E-state index contributed by atoms with van der Waals surface area (Å²) in [5.74, 6) is 0.169. The van der Waals surface area contributed by atoms with Crippen molar-refractivity contribution in [2.24, 2.45) is 5.92 Å². The lowest BCUT2D eigenvalue weighted by molar-refractivity contribution is 0.0297. The molecule has 0 aliphatic carbocycles. The van der Waals surface area contributed by atoms with E-state index in [1.54, 1.807) is 12.1 Å². The number of nitrogens with zero attached hydrogens (tertiary/aromatic N) is 1. The number of benzene rings is 1. The molecule has 3 N–H and O–H groups in total. The van der Waals surface area contributed by atoms with Crippen molar-refractivity contribution in [2.45, 2.75) is 26.4 Å². The normalized spacial score (nSPS) is 24.1. The van der Waals surface area contributed by atoms with E-state index < -0.39 is 0 Å². The van der Waals surface area contributed by atoms with Crippen molar-refractivity contribution in [2.75, 3.05) is 18.8 Å². The minimum atomic E-state index is -0.290. The average molecular weight is 248 g/mol. The molecule has 2 rings (SSSR count). The minimum absolute atomic E-state index is 0.0336. The van der Waals surface area contributed by atoms with Crippen LogP contribution in [0.3, 0.4) is 0 Å². The van der Waals surface area contributed by atoms with Gasteiger partial charge < -0.3 is 15.7 Å². The Bertz CT molecular complexity index is 459. The van der Waals surface area contributed by atoms with Gasteiger partial charge in [0.25, 0.3) is 5.91 Å². The second-order valence-electron chi connectivity index (χ2n) is 5.16. The Labute approximate surface area is 107 Å². The zero-order valence-corrected chi connectivity index (χ0v) is 10.9. The molecule has 4 heteroatoms. The maximum atomic E-state index is 12.4. The molecule has 1 heterocycles. The SMILES string of the molecule is Cc1cc(N)ccc1C(=O)N1CCC(O)C(C)C1. The van der Waals surface area contributed by atoms with Crippen molar-refractivity contribution in [1.82, 2.24) is 4.90 Å². The van der Waals surface area contributed by atoms with E-state index in [2.05, 4.69) is 0 Å². The molecule has 2 atom stereocenters. The summed E-state index contributed by atoms with van der Waals surface area (Å²) in [5.41, 5.74) is 7.96. The third-order valence-corrected chi connectivity index (χ3v) is 3.63. The summed E-state index contributed by atoms with van der Waals surface area (Å²) in [7, 11) is 0. The van der Waals surface area contributed by atoms with Gasteiger partial charge in [-0.15, -0.1) is 0 Å². The van der Waals surface area contributed by atoms with E-state index in [0.29, 0.717) is 30.8 Å². The Morgan fingerprint density at radius 1 is 1.50 bits per heavy atom. The topological polar surface area (TPSA) is 66.6 Å². The first-order valence-electron chi connectivity index (χ1n) is 6.32. The number of aliphatic hydroxyl groups excluding tert-OH is 1. The lowest BCUT2D eigenvalue weighted by Crippen LogP contribution is -2.45. The largest absolute Gasteiger partial charge is 0.399 e. The van der Waals surface area contributed by atoms with Gasteiger partial charge in [-0.2, -0.15) is 0 Å². The summed E-state index contributed by atoms with van der Waals surface area (Å²) < 4.78 is 0. The van der Waals surface area contributed by atoms with Crippen LogP contribution in [0.15, 0.2) is 18.2 Å². The van der Waals surface area contributed by atoms with Crippen LogP contribution in [0.2, 0.25) is 0 Å². The molecule has 0 saturated carbocycles. The highest BCUT2D eigenvalue weighted by molar-refractivity contribution is 5.96. The Kier molecular flexibility index (Phi) is 3.57. The van der Waals surface area contributed by atoms with Gasteiger partial charge in [-0.1, -0.05) is 6.92 Å². The fraction of sp³-hybridized carbons (Fsp3) is 0.500. The van der Waals surface area contributed by atoms with Crippen molar-refractivity contribution in [3.63, 3.8) is 0 Å². The lowest BCUT2D eigenvalue weighted by Gasteiger charge is -2.34. The van der Waals surface area contributed by atoms with Crippen LogP contribution < -0.4 is 5.73 Å². The molecule has 2 unspecified atom stereocenters. The van der Waals surface area contributed by atoms with Crippen molar-refractivity contribution in [3.8, 4) is 0 Å². The summed E-state index contributed by atoms with van der Waals surface area (Å²) >= 11 is 0. The predicted octanol–water partition coefficient (Wildman–Crippen LogP) is 1.42. The molecule has 0 aromatic heterocycles. The quantitative estimate of drug-likeness (QED) is 0.739. The number of nitrogen functional groups attached to an aromatic ring is 1. The Morgan fingerprint density at radius 2 is 2.22 bits per heavy atom. The monoisotopic (exact) mass is 248 g/mol. The number of amides is 1. The number of rotatable bonds is 1. The molecule has 4 nitrogen and oxygen atoms in total. The highest BCUT2D eigenvalue weighted by Gasteiger charge is 2.28. The number of hydrogen-bond acceptors (Lipinski definition) is 3. The molecule has 18 heavy (non-hydrogen) atoms. The first-order valence-corrected chi connectivity index (χ1v) is 6.32. The fourth-order valence-electron chi connectivity index (χ4n) is 2.41. The van der Waals surface area contributed by atoms with Crippen molar-refractivity contribution in [1.29, 1.82) is 0 Å². The molecule has 0 spiro atoms. The zero-order chi connectivity index (χ0) is 13.3. The van der Waals surface area contributed by atoms with E-state index in [4.69, 9.17) is 5.73 Å². The number of anilines is 1. The van der Waals surface area contributed by atoms with E-state index in [0.717, 1.165) is 5.56 Å². The smallest absolute Gasteiger partial charge is 0.254 e. The molecule has 1 aliphatic rings. The molecule has 1 aromatic rings. The number of likely N-dealkylation sites (tertiary alicyclic amines) is 1. The van der Waals surface area contributed by atoms with Gasteiger partial charge in [0.15, 0.2) is 0 Å². The Balaban J connectivity index is 2.16. The first kappa shape index (κ1) is 12.9. The van der Waals surface area contributed by atoms with Gasteiger partial charge in [0.2, 0.25) is 0 Å². The third kappa shape index (κ3) is 2.48. The van der Waals surface area contributed by atoms with Crippen LogP contribution in [0, 0.1) is 12.8 Å². The van der Waals surface area contributed by atoms with Gasteiger partial charge in [-0.25, -0.2) is 0 Å². The van der Waals surface area contributed by atoms with E-state index in [1.807, 2.05) is 24.8 Å². The Morgan fingerprint density at radius 3 is 2.83 bits per heavy atom. The number of aliphatic hydroxyl groups is 1. The predicted molar refractivity (Wildman–Crippen MR) is 71.3 cm³/mol. The van der Waals surface area contributed by atoms with Crippen LogP contribution in [0.4, 0.5) is 5.69 Å². The fourth-order valence-corrected chi connectivity index (χ4v) is 2.41. The molecule has 0 radical (unpaired) electrons. The summed E-state index contributed by atoms with van der Waals surface area (Å²) in [4.78, 5) is 14.2. The minimum Gasteiger partial charge on any atom is -0.399 e. The highest BCUT2D eigenvalue weighted by Crippen LogP contribution is 2.21. The molecule has 1 saturated heterocycles. The molecule has 1 amide bonds. The van der Waals surface area contributed by atoms with Crippen LogP contribution in [0.5, 0.6) is 0 Å². The van der Waals surface area contributed by atoms with Crippen LogP contribution in [-0.2, 0) is 0 Å². The standard InChI is InChI=1S/C14H20N2O2/c1-9-7-11(15)3-4-12(9)14(18)16-6-5-13(17)10(2)8-16/h3-4,7,10,13,17H,5-6,8,15H2,1-2H3. The number of aryl methyl sites for hydroxylation is 1. The Hall–Kier alpha value is -1.55. The third-order valence-electron chi connectivity index (χ3n) is 3.63. The van der Waals surface area contributed by atoms with E-state index in [1.165, 1.54) is 0 Å². The van der Waals surface area contributed by atoms with Gasteiger partial charge in [0.05, 0.1) is 6.10 Å². The molecule has 98 valence electrons.